The van der Waals surface area contributed by atoms with Gasteiger partial charge in [-0.05, 0) is 0 Å². The van der Waals surface area contributed by atoms with Crippen molar-refractivity contribution in [2.45, 2.75) is 3.17 Å². The zero-order valence-electron chi connectivity index (χ0n) is 8.20. The van der Waals surface area contributed by atoms with Crippen molar-refractivity contribution in [3.05, 3.63) is 59.7 Å². The van der Waals surface area contributed by atoms with E-state index < -0.39 is 0 Å². The first-order valence-corrected chi connectivity index (χ1v) is 6.21. The molecule has 0 radical (unpaired) electrons. The van der Waals surface area contributed by atoms with Crippen molar-refractivity contribution >= 4 is 27.9 Å². The summed E-state index contributed by atoms with van der Waals surface area (Å²) in [7, 11) is 0. The molecule has 0 aromatic heterocycles. The summed E-state index contributed by atoms with van der Waals surface area (Å²) in [5, 5.41) is 0. The molecule has 1 aliphatic carbocycles. The molecule has 0 fully saturated rings. The van der Waals surface area contributed by atoms with E-state index in [1.54, 1.807) is 0 Å². The van der Waals surface area contributed by atoms with E-state index >= 15 is 0 Å². The standard InChI is InChI=1S/C13H9.Na/c1-3-7-12-10(5-1)9-11-6-2-4-8-13(11)12;/h1-9H;. The van der Waals surface area contributed by atoms with Crippen molar-refractivity contribution in [2.75, 3.05) is 0 Å². The van der Waals surface area contributed by atoms with E-state index in [0.29, 0.717) is 3.17 Å². The molecule has 14 heavy (non-hydrogen) atoms. The van der Waals surface area contributed by atoms with E-state index in [1.165, 1.54) is 50.2 Å². The molecule has 0 amide bonds. The van der Waals surface area contributed by atoms with Gasteiger partial charge in [0.1, 0.15) is 0 Å². The maximum absolute atomic E-state index is 2.27. The molecular formula is C13H9Na. The number of benzene rings is 2. The quantitative estimate of drug-likeness (QED) is 0.557. The molecule has 62 valence electrons. The Morgan fingerprint density at radius 2 is 1.14 bits per heavy atom. The first-order valence-electron chi connectivity index (χ1n) is 5.06. The zero-order valence-corrected chi connectivity index (χ0v) is 10.2. The van der Waals surface area contributed by atoms with Crippen molar-refractivity contribution in [1.29, 1.82) is 0 Å². The van der Waals surface area contributed by atoms with Gasteiger partial charge in [0.15, 0.2) is 0 Å². The third-order valence-electron chi connectivity index (χ3n) is 3.14. The van der Waals surface area contributed by atoms with Gasteiger partial charge in [0.25, 0.3) is 0 Å². The van der Waals surface area contributed by atoms with Gasteiger partial charge in [0.05, 0.1) is 0 Å². The number of rotatable bonds is 0. The van der Waals surface area contributed by atoms with Crippen LogP contribution in [-0.4, -0.2) is 27.9 Å². The summed E-state index contributed by atoms with van der Waals surface area (Å²) in [6.45, 7) is 0. The van der Waals surface area contributed by atoms with Crippen molar-refractivity contribution in [1.82, 2.24) is 0 Å². The minimum absolute atomic E-state index is 0.697. The molecule has 3 rings (SSSR count). The SMILES string of the molecule is [Na][CH]1c2ccccc2-c2ccccc21. The molecule has 0 atom stereocenters. The van der Waals surface area contributed by atoms with E-state index in [0.717, 1.165) is 0 Å². The molecule has 0 aliphatic heterocycles. The molecular weight excluding hydrogens is 179 g/mol. The van der Waals surface area contributed by atoms with Crippen LogP contribution in [-0.2, 0) is 0 Å². The van der Waals surface area contributed by atoms with Gasteiger partial charge in [0.2, 0.25) is 0 Å². The van der Waals surface area contributed by atoms with E-state index in [-0.39, 0.29) is 0 Å². The normalized spacial score (nSPS) is 13.9. The molecule has 0 saturated carbocycles. The molecule has 0 spiro atoms. The van der Waals surface area contributed by atoms with Gasteiger partial charge in [-0.15, -0.1) is 0 Å². The fourth-order valence-corrected chi connectivity index (χ4v) is 3.41. The summed E-state index contributed by atoms with van der Waals surface area (Å²) in [5.41, 5.74) is 5.95. The van der Waals surface area contributed by atoms with Crippen molar-refractivity contribution < 1.29 is 0 Å². The Morgan fingerprint density at radius 3 is 1.64 bits per heavy atom. The van der Waals surface area contributed by atoms with Gasteiger partial charge < -0.3 is 0 Å². The molecule has 0 bridgehead atoms. The van der Waals surface area contributed by atoms with Crippen LogP contribution in [0, 0.1) is 0 Å². The molecule has 1 heteroatoms. The van der Waals surface area contributed by atoms with Gasteiger partial charge >= 0.3 is 102 Å². The molecule has 0 N–H and O–H groups in total. The van der Waals surface area contributed by atoms with Crippen LogP contribution in [0.5, 0.6) is 0 Å². The maximum atomic E-state index is 2.27. The molecule has 0 nitrogen and oxygen atoms in total. The van der Waals surface area contributed by atoms with Gasteiger partial charge in [-0.25, -0.2) is 0 Å². The van der Waals surface area contributed by atoms with Crippen molar-refractivity contribution in [3.63, 3.8) is 0 Å². The summed E-state index contributed by atoms with van der Waals surface area (Å²) < 4.78 is 0.697. The van der Waals surface area contributed by atoms with Crippen LogP contribution < -0.4 is 0 Å². The van der Waals surface area contributed by atoms with E-state index in [4.69, 9.17) is 0 Å². The minimum atomic E-state index is 0.697. The molecule has 0 heterocycles. The monoisotopic (exact) mass is 188 g/mol. The van der Waals surface area contributed by atoms with E-state index in [1.807, 2.05) is 0 Å². The third-order valence-corrected chi connectivity index (χ3v) is 4.39. The number of hydrogen-bond donors (Lipinski definition) is 0. The summed E-state index contributed by atoms with van der Waals surface area (Å²) in [6, 6.07) is 17.6. The van der Waals surface area contributed by atoms with Crippen LogP contribution in [0.25, 0.3) is 11.1 Å². The summed E-state index contributed by atoms with van der Waals surface area (Å²) in [6.07, 6.45) is 0. The zero-order chi connectivity index (χ0) is 9.54. The number of hydrogen-bond acceptors (Lipinski definition) is 0. The second kappa shape index (κ2) is 3.23. The summed E-state index contributed by atoms with van der Waals surface area (Å²) in [5.74, 6) is 0. The molecule has 0 unspecified atom stereocenters. The molecule has 0 saturated heterocycles. The average molecular weight is 188 g/mol. The Labute approximate surface area is 101 Å². The van der Waals surface area contributed by atoms with Crippen LogP contribution in [0.15, 0.2) is 48.5 Å². The van der Waals surface area contributed by atoms with Crippen LogP contribution >= 0.6 is 0 Å². The molecule has 2 aromatic carbocycles. The average Bonchev–Trinajstić information content (AvgIpc) is 2.55. The van der Waals surface area contributed by atoms with Crippen LogP contribution in [0.4, 0.5) is 0 Å². The topological polar surface area (TPSA) is 0 Å². The van der Waals surface area contributed by atoms with E-state index in [9.17, 15) is 0 Å². The Balaban J connectivity index is 2.36. The fraction of sp³-hybridized carbons (Fsp3) is 0.0769. The first kappa shape index (κ1) is 8.72. The Morgan fingerprint density at radius 1 is 0.714 bits per heavy atom. The Kier molecular flexibility index (Phi) is 2.01. The van der Waals surface area contributed by atoms with Crippen LogP contribution in [0.1, 0.15) is 14.3 Å². The second-order valence-corrected chi connectivity index (χ2v) is 5.05. The van der Waals surface area contributed by atoms with Crippen LogP contribution in [0.3, 0.4) is 0 Å². The van der Waals surface area contributed by atoms with Gasteiger partial charge in [0, 0.05) is 0 Å². The Hall–Kier alpha value is -0.560. The predicted molar refractivity (Wildman–Crippen MR) is 59.5 cm³/mol. The summed E-state index contributed by atoms with van der Waals surface area (Å²) in [4.78, 5) is 0. The van der Waals surface area contributed by atoms with Gasteiger partial charge in [-0.1, -0.05) is 0 Å². The molecule has 1 aliphatic rings. The van der Waals surface area contributed by atoms with Gasteiger partial charge in [-0.3, -0.25) is 0 Å². The third kappa shape index (κ3) is 1.12. The van der Waals surface area contributed by atoms with Gasteiger partial charge in [-0.2, -0.15) is 0 Å². The predicted octanol–water partition coefficient (Wildman–Crippen LogP) is 2.92. The summed E-state index contributed by atoms with van der Waals surface area (Å²) >= 11 is 1.21. The molecule has 2 aromatic rings. The van der Waals surface area contributed by atoms with Crippen LogP contribution in [0.2, 0.25) is 0 Å². The number of fused-ring (bicyclic) bond motifs is 3. The first-order chi connectivity index (χ1) is 6.88. The van der Waals surface area contributed by atoms with Crippen molar-refractivity contribution in [2.24, 2.45) is 0 Å². The van der Waals surface area contributed by atoms with Crippen molar-refractivity contribution in [3.8, 4) is 11.1 Å². The Bertz CT molecular complexity index is 443. The second-order valence-electron chi connectivity index (χ2n) is 3.90. The fourth-order valence-electron chi connectivity index (χ4n) is 2.41. The van der Waals surface area contributed by atoms with E-state index in [2.05, 4.69) is 48.5 Å².